The van der Waals surface area contributed by atoms with E-state index in [4.69, 9.17) is 10.4 Å². The van der Waals surface area contributed by atoms with Crippen LogP contribution < -0.4 is 0 Å². The highest BCUT2D eigenvalue weighted by molar-refractivity contribution is 7.88. The summed E-state index contributed by atoms with van der Waals surface area (Å²) in [5.41, 5.74) is 1.06. The van der Waals surface area contributed by atoms with Crippen molar-refractivity contribution in [3.8, 4) is 6.07 Å². The van der Waals surface area contributed by atoms with Crippen molar-refractivity contribution in [1.29, 1.82) is 5.26 Å². The monoisotopic (exact) mass is 322 g/mol. The number of carboxylic acid groups (broad SMARTS) is 1. The molecule has 7 heteroatoms. The normalized spacial score (nSPS) is 22.9. The highest BCUT2D eigenvalue weighted by Crippen LogP contribution is 2.25. The van der Waals surface area contributed by atoms with Crippen LogP contribution in [0.2, 0.25) is 0 Å². The van der Waals surface area contributed by atoms with Gasteiger partial charge in [0, 0.05) is 13.1 Å². The van der Waals surface area contributed by atoms with Gasteiger partial charge in [-0.05, 0) is 30.0 Å². The van der Waals surface area contributed by atoms with Gasteiger partial charge in [0.15, 0.2) is 0 Å². The van der Waals surface area contributed by atoms with Gasteiger partial charge in [-0.2, -0.15) is 5.26 Å². The van der Waals surface area contributed by atoms with Gasteiger partial charge < -0.3 is 5.11 Å². The zero-order valence-electron chi connectivity index (χ0n) is 12.3. The van der Waals surface area contributed by atoms with Crippen LogP contribution in [-0.4, -0.2) is 36.9 Å². The maximum atomic E-state index is 12.5. The Morgan fingerprint density at radius 1 is 1.36 bits per heavy atom. The molecule has 2 atom stereocenters. The maximum Gasteiger partial charge on any atom is 0.307 e. The van der Waals surface area contributed by atoms with Crippen molar-refractivity contribution >= 4 is 16.0 Å². The Kier molecular flexibility index (Phi) is 4.84. The van der Waals surface area contributed by atoms with Gasteiger partial charge in [0.25, 0.3) is 0 Å². The van der Waals surface area contributed by atoms with Crippen LogP contribution in [0, 0.1) is 23.2 Å². The lowest BCUT2D eigenvalue weighted by molar-refractivity contribution is -0.143. The number of nitrogens with zero attached hydrogens (tertiary/aromatic N) is 2. The van der Waals surface area contributed by atoms with Crippen molar-refractivity contribution in [3.05, 3.63) is 35.4 Å². The second-order valence-electron chi connectivity index (χ2n) is 5.76. The number of rotatable bonds is 4. The Bertz CT molecular complexity index is 691. The minimum absolute atomic E-state index is 0.0191. The third-order valence-corrected chi connectivity index (χ3v) is 5.58. The molecule has 0 aromatic heterocycles. The summed E-state index contributed by atoms with van der Waals surface area (Å²) in [5, 5.41) is 17.9. The summed E-state index contributed by atoms with van der Waals surface area (Å²) in [6.45, 7) is 2.24. The largest absolute Gasteiger partial charge is 0.481 e. The molecule has 1 saturated heterocycles. The van der Waals surface area contributed by atoms with Crippen molar-refractivity contribution in [3.63, 3.8) is 0 Å². The fourth-order valence-corrected chi connectivity index (χ4v) is 4.37. The summed E-state index contributed by atoms with van der Waals surface area (Å²) in [6.07, 6.45) is 0.498. The number of benzene rings is 1. The first-order chi connectivity index (χ1) is 10.3. The molecule has 2 rings (SSSR count). The SMILES string of the molecule is CC1CC(C(=O)O)CN(S(=O)(=O)Cc2ccc(C#N)cc2)C1. The number of aliphatic carboxylic acids is 1. The van der Waals surface area contributed by atoms with Crippen molar-refractivity contribution in [2.45, 2.75) is 19.1 Å². The zero-order valence-corrected chi connectivity index (χ0v) is 13.1. The van der Waals surface area contributed by atoms with Gasteiger partial charge in [-0.1, -0.05) is 19.1 Å². The molecule has 0 radical (unpaired) electrons. The van der Waals surface area contributed by atoms with E-state index in [9.17, 15) is 13.2 Å². The van der Waals surface area contributed by atoms with Crippen LogP contribution in [0.25, 0.3) is 0 Å². The fraction of sp³-hybridized carbons (Fsp3) is 0.467. The van der Waals surface area contributed by atoms with E-state index in [-0.39, 0.29) is 18.2 Å². The first-order valence-corrected chi connectivity index (χ1v) is 8.62. The van der Waals surface area contributed by atoms with E-state index in [1.807, 2.05) is 13.0 Å². The van der Waals surface area contributed by atoms with Crippen LogP contribution in [0.3, 0.4) is 0 Å². The van der Waals surface area contributed by atoms with E-state index in [1.165, 1.54) is 4.31 Å². The summed E-state index contributed by atoms with van der Waals surface area (Å²) in [6, 6.07) is 8.34. The third kappa shape index (κ3) is 3.84. The number of carboxylic acids is 1. The van der Waals surface area contributed by atoms with Crippen LogP contribution in [0.15, 0.2) is 24.3 Å². The number of piperidine rings is 1. The molecule has 1 aliphatic heterocycles. The summed E-state index contributed by atoms with van der Waals surface area (Å²) in [4.78, 5) is 11.1. The number of sulfonamides is 1. The van der Waals surface area contributed by atoms with Gasteiger partial charge in [0.2, 0.25) is 10.0 Å². The maximum absolute atomic E-state index is 12.5. The molecule has 2 unspecified atom stereocenters. The molecule has 1 aromatic rings. The smallest absolute Gasteiger partial charge is 0.307 e. The quantitative estimate of drug-likeness (QED) is 0.904. The molecule has 0 bridgehead atoms. The molecule has 0 aliphatic carbocycles. The number of hydrogen-bond acceptors (Lipinski definition) is 4. The molecule has 1 heterocycles. The number of carbonyl (C=O) groups is 1. The Hall–Kier alpha value is -1.91. The van der Waals surface area contributed by atoms with Crippen LogP contribution in [0.1, 0.15) is 24.5 Å². The first-order valence-electron chi connectivity index (χ1n) is 7.01. The minimum atomic E-state index is -3.57. The predicted molar refractivity (Wildman–Crippen MR) is 80.3 cm³/mol. The first kappa shape index (κ1) is 16.5. The lowest BCUT2D eigenvalue weighted by Gasteiger charge is -2.33. The molecule has 0 saturated carbocycles. The molecule has 1 aromatic carbocycles. The molecular weight excluding hydrogens is 304 g/mol. The van der Waals surface area contributed by atoms with Gasteiger partial charge in [-0.15, -0.1) is 0 Å². The van der Waals surface area contributed by atoms with Gasteiger partial charge in [0.1, 0.15) is 0 Å². The molecular formula is C15H18N2O4S. The lowest BCUT2D eigenvalue weighted by Crippen LogP contribution is -2.45. The van der Waals surface area contributed by atoms with E-state index in [1.54, 1.807) is 24.3 Å². The average molecular weight is 322 g/mol. The van der Waals surface area contributed by atoms with Gasteiger partial charge in [0.05, 0.1) is 23.3 Å². The summed E-state index contributed by atoms with van der Waals surface area (Å²) in [5.74, 6) is -1.77. The van der Waals surface area contributed by atoms with E-state index in [0.717, 1.165) is 0 Å². The second-order valence-corrected chi connectivity index (χ2v) is 7.73. The molecule has 118 valence electrons. The molecule has 0 spiro atoms. The second kappa shape index (κ2) is 6.46. The summed E-state index contributed by atoms with van der Waals surface area (Å²) < 4.78 is 26.3. The molecule has 1 N–H and O–H groups in total. The summed E-state index contributed by atoms with van der Waals surface area (Å²) >= 11 is 0. The zero-order chi connectivity index (χ0) is 16.3. The molecule has 22 heavy (non-hydrogen) atoms. The van der Waals surface area contributed by atoms with E-state index in [2.05, 4.69) is 0 Å². The number of nitriles is 1. The number of hydrogen-bond donors (Lipinski definition) is 1. The predicted octanol–water partition coefficient (Wildman–Crippen LogP) is 1.43. The molecule has 1 aliphatic rings. The van der Waals surface area contributed by atoms with Crippen LogP contribution in [0.5, 0.6) is 0 Å². The highest BCUT2D eigenvalue weighted by atomic mass is 32.2. The van der Waals surface area contributed by atoms with E-state index < -0.39 is 21.9 Å². The topological polar surface area (TPSA) is 98.5 Å². The van der Waals surface area contributed by atoms with Crippen molar-refractivity contribution in [1.82, 2.24) is 4.31 Å². The molecule has 6 nitrogen and oxygen atoms in total. The van der Waals surface area contributed by atoms with Gasteiger partial charge >= 0.3 is 5.97 Å². The molecule has 0 amide bonds. The lowest BCUT2D eigenvalue weighted by atomic mass is 9.92. The highest BCUT2D eigenvalue weighted by Gasteiger charge is 2.35. The van der Waals surface area contributed by atoms with Gasteiger partial charge in [-0.25, -0.2) is 12.7 Å². The van der Waals surface area contributed by atoms with Crippen molar-refractivity contribution in [2.24, 2.45) is 11.8 Å². The Balaban J connectivity index is 2.14. The van der Waals surface area contributed by atoms with E-state index >= 15 is 0 Å². The van der Waals surface area contributed by atoms with Crippen molar-refractivity contribution < 1.29 is 18.3 Å². The van der Waals surface area contributed by atoms with E-state index in [0.29, 0.717) is 24.1 Å². The third-order valence-electron chi connectivity index (χ3n) is 3.80. The average Bonchev–Trinajstić information content (AvgIpc) is 2.47. The standard InChI is InChI=1S/C15H18N2O4S/c1-11-6-14(15(18)19)9-17(8-11)22(20,21)10-13-4-2-12(7-16)3-5-13/h2-5,11,14H,6,8-10H2,1H3,(H,18,19). The van der Waals surface area contributed by atoms with Crippen LogP contribution in [-0.2, 0) is 20.6 Å². The molecule has 1 fully saturated rings. The minimum Gasteiger partial charge on any atom is -0.481 e. The fourth-order valence-electron chi connectivity index (χ4n) is 2.69. The van der Waals surface area contributed by atoms with Crippen LogP contribution >= 0.6 is 0 Å². The Morgan fingerprint density at radius 2 is 2.00 bits per heavy atom. The van der Waals surface area contributed by atoms with Crippen LogP contribution in [0.4, 0.5) is 0 Å². The van der Waals surface area contributed by atoms with Gasteiger partial charge in [-0.3, -0.25) is 4.79 Å². The Labute approximate surface area is 130 Å². The van der Waals surface area contributed by atoms with Crippen molar-refractivity contribution in [2.75, 3.05) is 13.1 Å². The summed E-state index contributed by atoms with van der Waals surface area (Å²) in [7, 11) is -3.57. The Morgan fingerprint density at radius 3 is 2.55 bits per heavy atom.